The highest BCUT2D eigenvalue weighted by Crippen LogP contribution is 2.45. The maximum atomic E-state index is 13.4. The van der Waals surface area contributed by atoms with Crippen LogP contribution in [0.15, 0.2) is 72.8 Å². The number of halogens is 3. The number of hydrogen-bond acceptors (Lipinski definition) is 3. The predicted octanol–water partition coefficient (Wildman–Crippen LogP) is 6.82. The molecule has 0 radical (unpaired) electrons. The Morgan fingerprint density at radius 3 is 2.30 bits per heavy atom. The van der Waals surface area contributed by atoms with E-state index in [2.05, 4.69) is 24.3 Å². The highest BCUT2D eigenvalue weighted by molar-refractivity contribution is 5.79. The van der Waals surface area contributed by atoms with Crippen molar-refractivity contribution in [3.05, 3.63) is 101 Å². The van der Waals surface area contributed by atoms with Gasteiger partial charge in [0.2, 0.25) is 0 Å². The molecule has 3 aliphatic rings. The quantitative estimate of drug-likeness (QED) is 0.392. The Hall–Kier alpha value is -3.58. The third kappa shape index (κ3) is 4.21. The maximum Gasteiger partial charge on any atom is 0.416 e. The topological polar surface area (TPSA) is 38.8 Å². The lowest BCUT2D eigenvalue weighted by Crippen LogP contribution is -2.56. The summed E-state index contributed by atoms with van der Waals surface area (Å²) in [5.41, 5.74) is 6.07. The number of rotatable bonds is 3. The summed E-state index contributed by atoms with van der Waals surface area (Å²) >= 11 is 0. The minimum Gasteiger partial charge on any atom is -0.448 e. The molecule has 1 fully saturated rings. The summed E-state index contributed by atoms with van der Waals surface area (Å²) in [6.07, 6.45) is -2.57. The van der Waals surface area contributed by atoms with Crippen molar-refractivity contribution in [3.8, 4) is 11.1 Å². The van der Waals surface area contributed by atoms with Crippen molar-refractivity contribution >= 4 is 11.7 Å². The van der Waals surface area contributed by atoms with Crippen LogP contribution in [0.4, 0.5) is 18.0 Å². The van der Waals surface area contributed by atoms with Crippen molar-refractivity contribution in [2.45, 2.75) is 37.5 Å². The van der Waals surface area contributed by atoms with Crippen molar-refractivity contribution in [3.63, 3.8) is 0 Å². The van der Waals surface area contributed by atoms with Crippen LogP contribution >= 0.6 is 0 Å². The Morgan fingerprint density at radius 1 is 0.973 bits per heavy atom. The molecule has 2 atom stereocenters. The molecule has 0 saturated carbocycles. The predicted molar refractivity (Wildman–Crippen MR) is 134 cm³/mol. The van der Waals surface area contributed by atoms with Gasteiger partial charge in [-0.2, -0.15) is 13.2 Å². The Kier molecular flexibility index (Phi) is 5.83. The van der Waals surface area contributed by atoms with Gasteiger partial charge in [0.15, 0.2) is 0 Å². The molecule has 190 valence electrons. The lowest BCUT2D eigenvalue weighted by molar-refractivity contribution is -0.137. The van der Waals surface area contributed by atoms with Crippen LogP contribution in [0.3, 0.4) is 0 Å². The number of amides is 1. The van der Waals surface area contributed by atoms with Crippen LogP contribution in [0.5, 0.6) is 0 Å². The van der Waals surface area contributed by atoms with Gasteiger partial charge in [0.25, 0.3) is 0 Å². The van der Waals surface area contributed by atoms with Gasteiger partial charge in [0.1, 0.15) is 6.61 Å². The van der Waals surface area contributed by atoms with Gasteiger partial charge in [0.05, 0.1) is 30.9 Å². The van der Waals surface area contributed by atoms with E-state index in [1.165, 1.54) is 12.1 Å². The number of hydrogen-bond donors (Lipinski definition) is 0. The van der Waals surface area contributed by atoms with Crippen molar-refractivity contribution in [1.82, 2.24) is 4.90 Å². The molecule has 1 saturated heterocycles. The third-order valence-corrected chi connectivity index (χ3v) is 7.66. The first-order chi connectivity index (χ1) is 17.8. The number of nitrogens with zero attached hydrogens (tertiary/aromatic N) is 1. The van der Waals surface area contributed by atoms with Crippen molar-refractivity contribution in [1.29, 1.82) is 0 Å². The largest absolute Gasteiger partial charge is 0.448 e. The number of benzene rings is 3. The molecule has 0 spiro atoms. The summed E-state index contributed by atoms with van der Waals surface area (Å²) in [5, 5.41) is 0. The van der Waals surface area contributed by atoms with Crippen LogP contribution in [-0.4, -0.2) is 42.9 Å². The number of carbonyl (C=O) groups is 1. The molecule has 1 amide bonds. The number of fused-ring (bicyclic) bond motifs is 5. The molecular formula is C30H26F3NO3. The van der Waals surface area contributed by atoms with Crippen LogP contribution in [0.2, 0.25) is 0 Å². The van der Waals surface area contributed by atoms with Gasteiger partial charge in [-0.1, -0.05) is 60.7 Å². The van der Waals surface area contributed by atoms with Crippen molar-refractivity contribution in [2.24, 2.45) is 0 Å². The average molecular weight is 506 g/mol. The summed E-state index contributed by atoms with van der Waals surface area (Å²) < 4.78 is 51.7. The second-order valence-corrected chi connectivity index (χ2v) is 9.89. The normalized spacial score (nSPS) is 20.8. The molecule has 37 heavy (non-hydrogen) atoms. The molecule has 3 aromatic rings. The number of aryl methyl sites for hydroxylation is 1. The van der Waals surface area contributed by atoms with E-state index in [0.29, 0.717) is 18.6 Å². The van der Waals surface area contributed by atoms with Crippen LogP contribution in [0.25, 0.3) is 16.7 Å². The molecule has 2 heterocycles. The molecule has 2 bridgehead atoms. The fraction of sp³-hybridized carbons (Fsp3) is 0.300. The lowest BCUT2D eigenvalue weighted by Gasteiger charge is -2.44. The Morgan fingerprint density at radius 2 is 1.65 bits per heavy atom. The van der Waals surface area contributed by atoms with Gasteiger partial charge in [0, 0.05) is 5.92 Å². The first-order valence-electron chi connectivity index (χ1n) is 12.4. The monoisotopic (exact) mass is 505 g/mol. The van der Waals surface area contributed by atoms with E-state index < -0.39 is 23.9 Å². The van der Waals surface area contributed by atoms with Crippen molar-refractivity contribution in [2.75, 3.05) is 19.8 Å². The lowest BCUT2D eigenvalue weighted by atomic mass is 9.87. The second-order valence-electron chi connectivity index (χ2n) is 9.89. The maximum absolute atomic E-state index is 13.4. The first-order valence-corrected chi connectivity index (χ1v) is 12.4. The van der Waals surface area contributed by atoms with E-state index in [-0.39, 0.29) is 25.2 Å². The smallest absolute Gasteiger partial charge is 0.416 e. The van der Waals surface area contributed by atoms with Crippen LogP contribution in [0, 0.1) is 6.92 Å². The van der Waals surface area contributed by atoms with E-state index in [1.807, 2.05) is 30.3 Å². The molecule has 0 N–H and O–H groups in total. The zero-order chi connectivity index (χ0) is 25.7. The standard InChI is InChI=1S/C30H26F3NO3/c1-18-10-11-20(30(31,32)33)14-27(18)19-12-21-15-36-16-22(13-19)34(21)29(35)37-17-28-25-8-4-2-6-23(25)24-7-3-5-9-26(24)28/h2-12,14,21-22,28H,13,15-17H2,1H3. The fourth-order valence-corrected chi connectivity index (χ4v) is 5.89. The van der Waals surface area contributed by atoms with Crippen LogP contribution in [0.1, 0.15) is 40.2 Å². The van der Waals surface area contributed by atoms with E-state index in [4.69, 9.17) is 9.47 Å². The molecule has 3 aromatic carbocycles. The Bertz CT molecular complexity index is 1350. The second kappa shape index (κ2) is 9.06. The molecule has 0 aromatic heterocycles. The van der Waals surface area contributed by atoms with Gasteiger partial charge in [-0.05, 0) is 64.4 Å². The van der Waals surface area contributed by atoms with Gasteiger partial charge in [-0.15, -0.1) is 0 Å². The minimum atomic E-state index is -4.41. The minimum absolute atomic E-state index is 0.0453. The molecule has 6 rings (SSSR count). The van der Waals surface area contributed by atoms with E-state index in [1.54, 1.807) is 11.8 Å². The van der Waals surface area contributed by atoms with E-state index >= 15 is 0 Å². The summed E-state index contributed by atoms with van der Waals surface area (Å²) in [6, 6.07) is 19.4. The van der Waals surface area contributed by atoms with Crippen molar-refractivity contribution < 1.29 is 27.4 Å². The Balaban J connectivity index is 1.23. The van der Waals surface area contributed by atoms with E-state index in [0.717, 1.165) is 39.5 Å². The van der Waals surface area contributed by atoms with Gasteiger partial charge < -0.3 is 9.47 Å². The summed E-state index contributed by atoms with van der Waals surface area (Å²) in [7, 11) is 0. The van der Waals surface area contributed by atoms with Gasteiger partial charge in [-0.25, -0.2) is 4.79 Å². The van der Waals surface area contributed by atoms with E-state index in [9.17, 15) is 18.0 Å². The summed E-state index contributed by atoms with van der Waals surface area (Å²) in [6.45, 7) is 2.62. The molecule has 2 unspecified atom stereocenters. The third-order valence-electron chi connectivity index (χ3n) is 7.66. The summed E-state index contributed by atoms with van der Waals surface area (Å²) in [4.78, 5) is 15.1. The number of alkyl halides is 3. The van der Waals surface area contributed by atoms with Crippen LogP contribution in [-0.2, 0) is 15.7 Å². The Labute approximate surface area is 213 Å². The number of carbonyl (C=O) groups excluding carboxylic acids is 1. The zero-order valence-corrected chi connectivity index (χ0v) is 20.3. The molecule has 1 aliphatic carbocycles. The van der Waals surface area contributed by atoms with Gasteiger partial charge in [-0.3, -0.25) is 4.90 Å². The molecular weight excluding hydrogens is 479 g/mol. The highest BCUT2D eigenvalue weighted by Gasteiger charge is 2.40. The molecule has 2 aliphatic heterocycles. The van der Waals surface area contributed by atoms with Gasteiger partial charge >= 0.3 is 12.3 Å². The SMILES string of the molecule is Cc1ccc(C(F)(F)F)cc1C1=CC2COCC(C1)N2C(=O)OCC1c2ccccc2-c2ccccc21. The van der Waals surface area contributed by atoms with Crippen LogP contribution < -0.4 is 0 Å². The average Bonchev–Trinajstić information content (AvgIpc) is 3.20. The summed E-state index contributed by atoms with van der Waals surface area (Å²) in [5.74, 6) is -0.0453. The molecule has 4 nitrogen and oxygen atoms in total. The highest BCUT2D eigenvalue weighted by atomic mass is 19.4. The number of morpholine rings is 1. The number of ether oxygens (including phenoxy) is 2. The first kappa shape index (κ1) is 23.8. The zero-order valence-electron chi connectivity index (χ0n) is 20.3. The fourth-order valence-electron chi connectivity index (χ4n) is 5.89. The molecule has 7 heteroatoms.